The molecule has 2 aromatic heterocycles. The third kappa shape index (κ3) is 3.65. The average Bonchev–Trinajstić information content (AvgIpc) is 3.34. The first kappa shape index (κ1) is 18.3. The maximum absolute atomic E-state index is 12.4. The van der Waals surface area contributed by atoms with E-state index in [-0.39, 0.29) is 23.4 Å². The number of ether oxygens (including phenoxy) is 1. The molecule has 0 aliphatic heterocycles. The molecule has 1 aliphatic carbocycles. The fraction of sp³-hybridized carbons (Fsp3) is 0.353. The number of aromatic nitrogens is 6. The highest BCUT2D eigenvalue weighted by Gasteiger charge is 2.27. The third-order valence-corrected chi connectivity index (χ3v) is 5.87. The summed E-state index contributed by atoms with van der Waals surface area (Å²) in [5, 5.41) is 18.3. The molecule has 11 heteroatoms. The van der Waals surface area contributed by atoms with Gasteiger partial charge in [0.05, 0.1) is 22.7 Å². The minimum Gasteiger partial charge on any atom is -0.457 e. The smallest absolute Gasteiger partial charge is 0.309 e. The highest BCUT2D eigenvalue weighted by atomic mass is 32.2. The van der Waals surface area contributed by atoms with Gasteiger partial charge in [-0.15, -0.1) is 5.10 Å². The fourth-order valence-electron chi connectivity index (χ4n) is 3.19. The molecule has 1 N–H and O–H groups in total. The Bertz CT molecular complexity index is 1100. The summed E-state index contributed by atoms with van der Waals surface area (Å²) >= 11 is 0. The zero-order valence-electron chi connectivity index (χ0n) is 15.1. The maximum Gasteiger partial charge on any atom is 0.309 e. The molecule has 1 aliphatic rings. The number of aromatic amines is 1. The van der Waals surface area contributed by atoms with Gasteiger partial charge in [-0.2, -0.15) is 9.78 Å². The van der Waals surface area contributed by atoms with Gasteiger partial charge in [0, 0.05) is 18.4 Å². The molecule has 0 fully saturated rings. The Kier molecular flexibility index (Phi) is 4.67. The van der Waals surface area contributed by atoms with Crippen molar-refractivity contribution in [3.63, 3.8) is 0 Å². The van der Waals surface area contributed by atoms with Crippen molar-refractivity contribution >= 4 is 15.8 Å². The molecule has 0 bridgehead atoms. The zero-order chi connectivity index (χ0) is 19.7. The van der Waals surface area contributed by atoms with E-state index in [0.717, 1.165) is 23.9 Å². The number of nitrogens with zero attached hydrogens (tertiary/aromatic N) is 5. The van der Waals surface area contributed by atoms with Crippen molar-refractivity contribution in [2.24, 2.45) is 5.92 Å². The standard InChI is InChI=1S/C17H18N6O4S/c1-28(25,26)14-6-4-13(5-7-14)23-16(20-21-22-23)10-27-17(24)11-2-3-12-9-18-19-15(12)8-11/h4-7,9,11H,2-3,8,10H2,1H3,(H,18,19)/t11-/m1/s1. The quantitative estimate of drug-likeness (QED) is 0.615. The molecule has 28 heavy (non-hydrogen) atoms. The van der Waals surface area contributed by atoms with Crippen LogP contribution in [-0.4, -0.2) is 51.0 Å². The second-order valence-electron chi connectivity index (χ2n) is 6.69. The van der Waals surface area contributed by atoms with Crippen molar-refractivity contribution in [1.82, 2.24) is 30.4 Å². The molecule has 0 saturated heterocycles. The molecule has 10 nitrogen and oxygen atoms in total. The first-order valence-corrected chi connectivity index (χ1v) is 10.6. The van der Waals surface area contributed by atoms with E-state index >= 15 is 0 Å². The molecular weight excluding hydrogens is 384 g/mol. The fourth-order valence-corrected chi connectivity index (χ4v) is 3.82. The second-order valence-corrected chi connectivity index (χ2v) is 8.71. The SMILES string of the molecule is CS(=O)(=O)c1ccc(-n2nnnc2COC(=O)[C@@H]2CCc3cn[nH]c3C2)cc1. The minimum absolute atomic E-state index is 0.0774. The molecule has 3 aromatic rings. The number of sulfone groups is 1. The van der Waals surface area contributed by atoms with Crippen molar-refractivity contribution in [2.45, 2.75) is 30.8 Å². The molecule has 0 radical (unpaired) electrons. The van der Waals surface area contributed by atoms with Gasteiger partial charge in [-0.1, -0.05) is 0 Å². The van der Waals surface area contributed by atoms with Crippen LogP contribution in [0.2, 0.25) is 0 Å². The number of nitrogens with one attached hydrogen (secondary N) is 1. The van der Waals surface area contributed by atoms with Crippen LogP contribution in [0.1, 0.15) is 23.5 Å². The molecule has 1 aromatic carbocycles. The normalized spacial score (nSPS) is 16.5. The van der Waals surface area contributed by atoms with Gasteiger partial charge < -0.3 is 4.74 Å². The Morgan fingerprint density at radius 1 is 1.32 bits per heavy atom. The third-order valence-electron chi connectivity index (χ3n) is 4.74. The first-order valence-electron chi connectivity index (χ1n) is 8.67. The number of aryl methyl sites for hydroxylation is 1. The summed E-state index contributed by atoms with van der Waals surface area (Å²) in [7, 11) is -3.29. The van der Waals surface area contributed by atoms with Gasteiger partial charge in [0.25, 0.3) is 0 Å². The molecule has 146 valence electrons. The summed E-state index contributed by atoms with van der Waals surface area (Å²) < 4.78 is 30.0. The summed E-state index contributed by atoms with van der Waals surface area (Å²) in [6.45, 7) is -0.0774. The van der Waals surface area contributed by atoms with Crippen molar-refractivity contribution < 1.29 is 17.9 Å². The van der Waals surface area contributed by atoms with E-state index in [2.05, 4.69) is 25.7 Å². The van der Waals surface area contributed by atoms with Crippen molar-refractivity contribution in [3.05, 3.63) is 47.5 Å². The highest BCUT2D eigenvalue weighted by molar-refractivity contribution is 7.90. The van der Waals surface area contributed by atoms with Crippen molar-refractivity contribution in [3.8, 4) is 5.69 Å². The van der Waals surface area contributed by atoms with Crippen LogP contribution in [0.15, 0.2) is 35.4 Å². The number of carbonyl (C=O) groups excluding carboxylic acids is 1. The van der Waals surface area contributed by atoms with Crippen molar-refractivity contribution in [2.75, 3.05) is 6.26 Å². The summed E-state index contributed by atoms with van der Waals surface area (Å²) in [4.78, 5) is 12.6. The topological polar surface area (TPSA) is 133 Å². The number of benzene rings is 1. The van der Waals surface area contributed by atoms with Crippen LogP contribution in [0.4, 0.5) is 0 Å². The van der Waals surface area contributed by atoms with E-state index in [0.29, 0.717) is 24.4 Å². The van der Waals surface area contributed by atoms with Gasteiger partial charge in [-0.3, -0.25) is 9.89 Å². The van der Waals surface area contributed by atoms with Crippen LogP contribution in [0, 0.1) is 5.92 Å². The number of hydrogen-bond donors (Lipinski definition) is 1. The number of esters is 1. The Labute approximate surface area is 160 Å². The lowest BCUT2D eigenvalue weighted by Crippen LogP contribution is -2.25. The maximum atomic E-state index is 12.4. The van der Waals surface area contributed by atoms with Gasteiger partial charge >= 0.3 is 5.97 Å². The summed E-state index contributed by atoms with van der Waals surface area (Å²) in [5.41, 5.74) is 2.69. The molecule has 4 rings (SSSR count). The molecule has 2 heterocycles. The molecule has 1 atom stereocenters. The Morgan fingerprint density at radius 3 is 2.86 bits per heavy atom. The van der Waals surface area contributed by atoms with Crippen molar-refractivity contribution in [1.29, 1.82) is 0 Å². The molecule has 0 saturated carbocycles. The van der Waals surface area contributed by atoms with Gasteiger partial charge in [-0.25, -0.2) is 8.42 Å². The number of hydrogen-bond acceptors (Lipinski definition) is 8. The Hall–Kier alpha value is -3.08. The molecule has 0 unspecified atom stereocenters. The zero-order valence-corrected chi connectivity index (χ0v) is 15.9. The molecule has 0 spiro atoms. The number of tetrazole rings is 1. The average molecular weight is 402 g/mol. The van der Waals surface area contributed by atoms with Crippen LogP contribution in [0.3, 0.4) is 0 Å². The predicted octanol–water partition coefficient (Wildman–Crippen LogP) is 0.637. The summed E-state index contributed by atoms with van der Waals surface area (Å²) in [5.74, 6) is -0.188. The number of rotatable bonds is 5. The largest absolute Gasteiger partial charge is 0.457 e. The van der Waals surface area contributed by atoms with Crippen LogP contribution in [-0.2, 0) is 38.8 Å². The van der Waals surface area contributed by atoms with Crippen LogP contribution in [0.5, 0.6) is 0 Å². The van der Waals surface area contributed by atoms with Gasteiger partial charge in [0.1, 0.15) is 0 Å². The molecular formula is C17H18N6O4S. The lowest BCUT2D eigenvalue weighted by Gasteiger charge is -2.19. The van der Waals surface area contributed by atoms with E-state index in [4.69, 9.17) is 4.74 Å². The Morgan fingerprint density at radius 2 is 2.11 bits per heavy atom. The first-order chi connectivity index (χ1) is 13.4. The Balaban J connectivity index is 1.43. The lowest BCUT2D eigenvalue weighted by molar-refractivity contribution is -0.150. The second kappa shape index (κ2) is 7.15. The molecule has 0 amide bonds. The monoisotopic (exact) mass is 402 g/mol. The summed E-state index contributed by atoms with van der Waals surface area (Å²) in [6, 6.07) is 6.15. The van der Waals surface area contributed by atoms with E-state index in [1.54, 1.807) is 18.3 Å². The van der Waals surface area contributed by atoms with Crippen LogP contribution >= 0.6 is 0 Å². The van der Waals surface area contributed by atoms with E-state index in [1.165, 1.54) is 16.8 Å². The van der Waals surface area contributed by atoms with Gasteiger partial charge in [0.2, 0.25) is 0 Å². The van der Waals surface area contributed by atoms with Gasteiger partial charge in [0.15, 0.2) is 22.3 Å². The highest BCUT2D eigenvalue weighted by Crippen LogP contribution is 2.25. The lowest BCUT2D eigenvalue weighted by atomic mass is 9.88. The van der Waals surface area contributed by atoms with Crippen LogP contribution in [0.25, 0.3) is 5.69 Å². The minimum atomic E-state index is -3.29. The number of carbonyl (C=O) groups is 1. The van der Waals surface area contributed by atoms with Gasteiger partial charge in [-0.05, 0) is 53.1 Å². The van der Waals surface area contributed by atoms with E-state index in [1.807, 2.05) is 0 Å². The number of H-pyrrole nitrogens is 1. The van der Waals surface area contributed by atoms with E-state index < -0.39 is 9.84 Å². The predicted molar refractivity (Wildman–Crippen MR) is 96.2 cm³/mol. The number of fused-ring (bicyclic) bond motifs is 1. The van der Waals surface area contributed by atoms with E-state index in [9.17, 15) is 13.2 Å². The van der Waals surface area contributed by atoms with Crippen LogP contribution < -0.4 is 0 Å². The summed E-state index contributed by atoms with van der Waals surface area (Å²) in [6.07, 6.45) is 5.01.